The number of nitrogens with zero attached hydrogens (tertiary/aromatic N) is 1. The Morgan fingerprint density at radius 3 is 1.84 bits per heavy atom. The lowest BCUT2D eigenvalue weighted by atomic mass is 10.0. The van der Waals surface area contributed by atoms with Crippen molar-refractivity contribution in [3.05, 3.63) is 35.4 Å². The standard InChI is InChI=1S/C33H59F3N2O5Si/c1-6-7-8-9-10-11-12-13-14-15-16-17-18-29(2)32(39)37-24-25-38(28-43-33(34,35)36)27-31-21-19-30(20-22-31)23-26-44(40-3,41-4)42-5/h19-22,29H,6-18,23-28H2,1-5H3,(H,37,39). The zero-order chi connectivity index (χ0) is 32.7. The second-order valence-corrected chi connectivity index (χ2v) is 14.8. The fourth-order valence-corrected chi connectivity index (χ4v) is 6.92. The van der Waals surface area contributed by atoms with Crippen LogP contribution in [-0.4, -0.2) is 67.1 Å². The summed E-state index contributed by atoms with van der Waals surface area (Å²) in [5.74, 6) is -0.182. The predicted molar refractivity (Wildman–Crippen MR) is 172 cm³/mol. The van der Waals surface area contributed by atoms with Gasteiger partial charge in [0.05, 0.1) is 0 Å². The lowest BCUT2D eigenvalue weighted by Crippen LogP contribution is -2.43. The highest BCUT2D eigenvalue weighted by atomic mass is 28.4. The van der Waals surface area contributed by atoms with E-state index < -0.39 is 21.9 Å². The van der Waals surface area contributed by atoms with Crippen molar-refractivity contribution in [2.75, 3.05) is 41.1 Å². The van der Waals surface area contributed by atoms with Crippen LogP contribution in [0, 0.1) is 5.92 Å². The molecule has 1 aromatic carbocycles. The van der Waals surface area contributed by atoms with Crippen molar-refractivity contribution < 1.29 is 36.0 Å². The van der Waals surface area contributed by atoms with Crippen LogP contribution in [0.4, 0.5) is 13.2 Å². The van der Waals surface area contributed by atoms with Gasteiger partial charge in [-0.15, -0.1) is 13.2 Å². The molecule has 0 saturated carbocycles. The van der Waals surface area contributed by atoms with Crippen molar-refractivity contribution in [3.8, 4) is 0 Å². The number of carbonyl (C=O) groups is 1. The van der Waals surface area contributed by atoms with Crippen LogP contribution in [0.5, 0.6) is 0 Å². The Bertz CT molecular complexity index is 849. The number of hydrogen-bond acceptors (Lipinski definition) is 6. The molecule has 1 N–H and O–H groups in total. The molecule has 11 heteroatoms. The number of halogens is 3. The summed E-state index contributed by atoms with van der Waals surface area (Å²) in [6.07, 6.45) is 12.1. The van der Waals surface area contributed by atoms with Crippen molar-refractivity contribution in [2.24, 2.45) is 5.92 Å². The molecule has 0 aliphatic rings. The van der Waals surface area contributed by atoms with Gasteiger partial charge in [0, 0.05) is 52.9 Å². The van der Waals surface area contributed by atoms with E-state index in [1.54, 1.807) is 21.3 Å². The fourth-order valence-electron chi connectivity index (χ4n) is 5.21. The highest BCUT2D eigenvalue weighted by Gasteiger charge is 2.37. The zero-order valence-corrected chi connectivity index (χ0v) is 28.9. The first kappa shape index (κ1) is 40.5. The van der Waals surface area contributed by atoms with Gasteiger partial charge in [-0.2, -0.15) is 0 Å². The van der Waals surface area contributed by atoms with Gasteiger partial charge < -0.3 is 18.6 Å². The first-order valence-electron chi connectivity index (χ1n) is 16.5. The second-order valence-electron chi connectivity index (χ2n) is 11.8. The number of alkyl halides is 3. The minimum atomic E-state index is -4.73. The lowest BCUT2D eigenvalue weighted by Gasteiger charge is -2.24. The van der Waals surface area contributed by atoms with E-state index in [2.05, 4.69) is 17.0 Å². The van der Waals surface area contributed by atoms with Crippen LogP contribution >= 0.6 is 0 Å². The Morgan fingerprint density at radius 1 is 0.841 bits per heavy atom. The van der Waals surface area contributed by atoms with E-state index in [1.807, 2.05) is 31.2 Å². The third kappa shape index (κ3) is 19.1. The summed E-state index contributed by atoms with van der Waals surface area (Å²) in [6, 6.07) is 8.27. The zero-order valence-electron chi connectivity index (χ0n) is 27.9. The van der Waals surface area contributed by atoms with E-state index in [0.717, 1.165) is 30.4 Å². The van der Waals surface area contributed by atoms with Gasteiger partial charge in [0.2, 0.25) is 5.91 Å². The van der Waals surface area contributed by atoms with Crippen LogP contribution in [0.2, 0.25) is 6.04 Å². The van der Waals surface area contributed by atoms with Gasteiger partial charge in [-0.3, -0.25) is 14.4 Å². The third-order valence-corrected chi connectivity index (χ3v) is 10.9. The van der Waals surface area contributed by atoms with Crippen LogP contribution in [0.15, 0.2) is 24.3 Å². The van der Waals surface area contributed by atoms with Gasteiger partial charge in [0.15, 0.2) is 0 Å². The number of aryl methyl sites for hydroxylation is 1. The quantitative estimate of drug-likeness (QED) is 0.0589. The molecule has 1 amide bonds. The van der Waals surface area contributed by atoms with E-state index in [-0.39, 0.29) is 31.5 Å². The molecule has 1 atom stereocenters. The summed E-state index contributed by atoms with van der Waals surface area (Å²) in [4.78, 5) is 14.1. The normalized spacial score (nSPS) is 13.0. The summed E-state index contributed by atoms with van der Waals surface area (Å²) >= 11 is 0. The number of nitrogens with one attached hydrogen (secondary N) is 1. The van der Waals surface area contributed by atoms with E-state index in [1.165, 1.54) is 69.1 Å². The molecule has 256 valence electrons. The Balaban J connectivity index is 2.39. The second kappa shape index (κ2) is 23.8. The molecule has 0 spiro atoms. The molecule has 1 rings (SSSR count). The average Bonchev–Trinajstić information content (AvgIpc) is 3.01. The highest BCUT2D eigenvalue weighted by Crippen LogP contribution is 2.20. The van der Waals surface area contributed by atoms with Gasteiger partial charge in [-0.25, -0.2) is 0 Å². The van der Waals surface area contributed by atoms with E-state index in [4.69, 9.17) is 13.3 Å². The fraction of sp³-hybridized carbons (Fsp3) is 0.788. The van der Waals surface area contributed by atoms with E-state index in [9.17, 15) is 18.0 Å². The first-order chi connectivity index (χ1) is 21.1. The molecule has 1 unspecified atom stereocenters. The number of hydrogen-bond donors (Lipinski definition) is 1. The number of amides is 1. The molecular formula is C33H59F3N2O5Si. The van der Waals surface area contributed by atoms with Crippen molar-refractivity contribution in [3.63, 3.8) is 0 Å². The molecule has 0 fully saturated rings. The molecule has 0 aromatic heterocycles. The maximum atomic E-state index is 12.8. The number of benzene rings is 1. The number of ether oxygens (including phenoxy) is 1. The van der Waals surface area contributed by atoms with Crippen molar-refractivity contribution in [2.45, 2.75) is 123 Å². The summed E-state index contributed by atoms with van der Waals surface area (Å²) in [7, 11) is 2.03. The van der Waals surface area contributed by atoms with Crippen LogP contribution in [-0.2, 0) is 35.8 Å². The van der Waals surface area contributed by atoms with Gasteiger partial charge in [0.25, 0.3) is 0 Å². The Morgan fingerprint density at radius 2 is 1.34 bits per heavy atom. The van der Waals surface area contributed by atoms with Gasteiger partial charge in [-0.05, 0) is 24.0 Å². The molecule has 0 aliphatic carbocycles. The van der Waals surface area contributed by atoms with Crippen LogP contribution < -0.4 is 5.32 Å². The lowest BCUT2D eigenvalue weighted by molar-refractivity contribution is -0.337. The maximum Gasteiger partial charge on any atom is 0.523 e. The van der Waals surface area contributed by atoms with Crippen molar-refractivity contribution in [1.29, 1.82) is 0 Å². The smallest absolute Gasteiger partial charge is 0.377 e. The highest BCUT2D eigenvalue weighted by molar-refractivity contribution is 6.60. The molecule has 0 radical (unpaired) electrons. The van der Waals surface area contributed by atoms with Gasteiger partial charge in [0.1, 0.15) is 6.73 Å². The van der Waals surface area contributed by atoms with E-state index >= 15 is 0 Å². The third-order valence-electron chi connectivity index (χ3n) is 8.16. The maximum absolute atomic E-state index is 12.8. The van der Waals surface area contributed by atoms with Crippen LogP contribution in [0.1, 0.15) is 108 Å². The minimum absolute atomic E-state index is 0.0584. The number of unbranched alkanes of at least 4 members (excludes halogenated alkanes) is 11. The molecule has 0 saturated heterocycles. The predicted octanol–water partition coefficient (Wildman–Crippen LogP) is 8.25. The molecule has 1 aromatic rings. The van der Waals surface area contributed by atoms with Gasteiger partial charge in [-0.1, -0.05) is 115 Å². The van der Waals surface area contributed by atoms with Crippen LogP contribution in [0.25, 0.3) is 0 Å². The van der Waals surface area contributed by atoms with Crippen LogP contribution in [0.3, 0.4) is 0 Å². The monoisotopic (exact) mass is 648 g/mol. The molecular weight excluding hydrogens is 589 g/mol. The summed E-state index contributed by atoms with van der Waals surface area (Å²) in [6.45, 7) is 4.29. The Kier molecular flexibility index (Phi) is 21.9. The summed E-state index contributed by atoms with van der Waals surface area (Å²) < 4.78 is 58.9. The molecule has 0 heterocycles. The molecule has 0 bridgehead atoms. The first-order valence-corrected chi connectivity index (χ1v) is 18.4. The topological polar surface area (TPSA) is 69.3 Å². The van der Waals surface area contributed by atoms with Crippen molar-refractivity contribution in [1.82, 2.24) is 10.2 Å². The largest absolute Gasteiger partial charge is 0.523 e. The Hall–Kier alpha value is -1.50. The molecule has 44 heavy (non-hydrogen) atoms. The summed E-state index contributed by atoms with van der Waals surface area (Å²) in [5.41, 5.74) is 1.89. The van der Waals surface area contributed by atoms with E-state index in [0.29, 0.717) is 12.5 Å². The SMILES string of the molecule is CCCCCCCCCCCCCCC(C)C(=O)NCCN(COC(F)(F)F)Cc1ccc(CC[Si](OC)(OC)OC)cc1. The molecule has 0 aliphatic heterocycles. The average molecular weight is 649 g/mol. The summed E-state index contributed by atoms with van der Waals surface area (Å²) in [5, 5.41) is 2.90. The minimum Gasteiger partial charge on any atom is -0.377 e. The number of rotatable bonds is 27. The number of carbonyl (C=O) groups excluding carboxylic acids is 1. The van der Waals surface area contributed by atoms with Gasteiger partial charge >= 0.3 is 15.2 Å². The molecule has 7 nitrogen and oxygen atoms in total. The Labute approximate surface area is 265 Å². The van der Waals surface area contributed by atoms with Crippen molar-refractivity contribution >= 4 is 14.7 Å².